The highest BCUT2D eigenvalue weighted by Gasteiger charge is 2.22. The normalized spacial score (nSPS) is 11.8. The molecule has 0 aliphatic carbocycles. The van der Waals surface area contributed by atoms with Crippen LogP contribution in [0.3, 0.4) is 0 Å². The van der Waals surface area contributed by atoms with E-state index >= 15 is 0 Å². The Morgan fingerprint density at radius 1 is 1.64 bits per heavy atom. The van der Waals surface area contributed by atoms with Crippen LogP contribution in [0.5, 0.6) is 0 Å². The molecule has 0 radical (unpaired) electrons. The van der Waals surface area contributed by atoms with Gasteiger partial charge in [0.15, 0.2) is 0 Å². The van der Waals surface area contributed by atoms with Gasteiger partial charge in [-0.05, 0) is 12.8 Å². The molecular formula is C10H17NO3. The number of rotatable bonds is 8. The SMILES string of the molecule is C=CC[C@@H](C(=O)O)N(C=O)CCCC. The zero-order chi connectivity index (χ0) is 11.0. The van der Waals surface area contributed by atoms with Crippen molar-refractivity contribution in [2.45, 2.75) is 32.2 Å². The van der Waals surface area contributed by atoms with Gasteiger partial charge in [-0.3, -0.25) is 4.79 Å². The third-order valence-corrected chi connectivity index (χ3v) is 1.98. The number of hydrogen-bond donors (Lipinski definition) is 1. The molecule has 4 nitrogen and oxygen atoms in total. The summed E-state index contributed by atoms with van der Waals surface area (Å²) >= 11 is 0. The highest BCUT2D eigenvalue weighted by atomic mass is 16.4. The lowest BCUT2D eigenvalue weighted by Gasteiger charge is -2.23. The van der Waals surface area contributed by atoms with Crippen LogP contribution in [-0.4, -0.2) is 35.0 Å². The first kappa shape index (κ1) is 12.7. The molecule has 0 saturated carbocycles. The number of carbonyl (C=O) groups is 2. The minimum atomic E-state index is -0.979. The molecule has 0 heterocycles. The van der Waals surface area contributed by atoms with Crippen molar-refractivity contribution in [3.05, 3.63) is 12.7 Å². The summed E-state index contributed by atoms with van der Waals surface area (Å²) < 4.78 is 0. The monoisotopic (exact) mass is 199 g/mol. The van der Waals surface area contributed by atoms with E-state index in [4.69, 9.17) is 5.11 Å². The number of carbonyl (C=O) groups excluding carboxylic acids is 1. The Kier molecular flexibility index (Phi) is 6.45. The maximum absolute atomic E-state index is 10.8. The standard InChI is InChI=1S/C10H17NO3/c1-3-5-7-11(8-12)9(6-4-2)10(13)14/h4,8-9H,2-3,5-7H2,1H3,(H,13,14)/t9-/m0/s1. The van der Waals surface area contributed by atoms with Gasteiger partial charge in [0.25, 0.3) is 0 Å². The minimum absolute atomic E-state index is 0.289. The molecular weight excluding hydrogens is 182 g/mol. The van der Waals surface area contributed by atoms with Gasteiger partial charge in [0.1, 0.15) is 6.04 Å². The second-order valence-corrected chi connectivity index (χ2v) is 3.08. The van der Waals surface area contributed by atoms with Crippen molar-refractivity contribution >= 4 is 12.4 Å². The molecule has 0 spiro atoms. The molecule has 0 aliphatic rings. The minimum Gasteiger partial charge on any atom is -0.480 e. The summed E-state index contributed by atoms with van der Waals surface area (Å²) in [5.74, 6) is -0.979. The van der Waals surface area contributed by atoms with Crippen LogP contribution in [0.4, 0.5) is 0 Å². The quantitative estimate of drug-likeness (QED) is 0.473. The molecule has 0 rings (SSSR count). The van der Waals surface area contributed by atoms with Crippen LogP contribution in [0.1, 0.15) is 26.2 Å². The second kappa shape index (κ2) is 7.12. The van der Waals surface area contributed by atoms with E-state index < -0.39 is 12.0 Å². The number of nitrogens with zero attached hydrogens (tertiary/aromatic N) is 1. The highest BCUT2D eigenvalue weighted by Crippen LogP contribution is 2.05. The number of carboxylic acids is 1. The number of hydrogen-bond acceptors (Lipinski definition) is 2. The van der Waals surface area contributed by atoms with E-state index in [0.717, 1.165) is 12.8 Å². The summed E-state index contributed by atoms with van der Waals surface area (Å²) in [6.45, 7) is 5.96. The molecule has 14 heavy (non-hydrogen) atoms. The van der Waals surface area contributed by atoms with Gasteiger partial charge in [-0.2, -0.15) is 0 Å². The Bertz CT molecular complexity index is 204. The first-order valence-electron chi connectivity index (χ1n) is 4.72. The van der Waals surface area contributed by atoms with E-state index in [-0.39, 0.29) is 6.42 Å². The Labute approximate surface area is 84.2 Å². The van der Waals surface area contributed by atoms with E-state index in [2.05, 4.69) is 6.58 Å². The lowest BCUT2D eigenvalue weighted by Crippen LogP contribution is -2.40. The summed E-state index contributed by atoms with van der Waals surface area (Å²) in [4.78, 5) is 22.8. The zero-order valence-corrected chi connectivity index (χ0v) is 8.48. The van der Waals surface area contributed by atoms with Crippen molar-refractivity contribution in [1.82, 2.24) is 4.90 Å². The molecule has 0 unspecified atom stereocenters. The third-order valence-electron chi connectivity index (χ3n) is 1.98. The number of carboxylic acid groups (broad SMARTS) is 1. The van der Waals surface area contributed by atoms with Crippen LogP contribution in [-0.2, 0) is 9.59 Å². The van der Waals surface area contributed by atoms with Crippen molar-refractivity contribution in [3.8, 4) is 0 Å². The van der Waals surface area contributed by atoms with Gasteiger partial charge in [-0.1, -0.05) is 19.4 Å². The summed E-state index contributed by atoms with van der Waals surface area (Å²) in [6.07, 6.45) is 4.15. The van der Waals surface area contributed by atoms with Gasteiger partial charge < -0.3 is 10.0 Å². The van der Waals surface area contributed by atoms with Gasteiger partial charge in [0.2, 0.25) is 6.41 Å². The summed E-state index contributed by atoms with van der Waals surface area (Å²) in [6, 6.07) is -0.767. The molecule has 0 bridgehead atoms. The van der Waals surface area contributed by atoms with Crippen LogP contribution in [0, 0.1) is 0 Å². The first-order valence-corrected chi connectivity index (χ1v) is 4.72. The molecule has 0 aliphatic heterocycles. The summed E-state index contributed by atoms with van der Waals surface area (Å²) in [5, 5.41) is 8.86. The Hall–Kier alpha value is -1.32. The Morgan fingerprint density at radius 3 is 2.64 bits per heavy atom. The number of amides is 1. The van der Waals surface area contributed by atoms with Crippen molar-refractivity contribution in [1.29, 1.82) is 0 Å². The van der Waals surface area contributed by atoms with E-state index in [9.17, 15) is 9.59 Å². The van der Waals surface area contributed by atoms with Crippen molar-refractivity contribution in [2.75, 3.05) is 6.54 Å². The Morgan fingerprint density at radius 2 is 2.29 bits per heavy atom. The van der Waals surface area contributed by atoms with Gasteiger partial charge in [0, 0.05) is 6.54 Å². The molecule has 4 heteroatoms. The van der Waals surface area contributed by atoms with Gasteiger partial charge in [-0.25, -0.2) is 4.79 Å². The van der Waals surface area contributed by atoms with E-state index in [1.807, 2.05) is 6.92 Å². The summed E-state index contributed by atoms with van der Waals surface area (Å²) in [7, 11) is 0. The maximum Gasteiger partial charge on any atom is 0.326 e. The average Bonchev–Trinajstić information content (AvgIpc) is 2.17. The molecule has 80 valence electrons. The highest BCUT2D eigenvalue weighted by molar-refractivity contribution is 5.76. The molecule has 1 amide bonds. The smallest absolute Gasteiger partial charge is 0.326 e. The molecule has 1 atom stereocenters. The first-order chi connectivity index (χ1) is 6.67. The van der Waals surface area contributed by atoms with Gasteiger partial charge in [0.05, 0.1) is 0 Å². The fourth-order valence-corrected chi connectivity index (χ4v) is 1.16. The van der Waals surface area contributed by atoms with E-state index in [1.165, 1.54) is 11.0 Å². The predicted molar refractivity (Wildman–Crippen MR) is 53.9 cm³/mol. The molecule has 0 aromatic heterocycles. The Balaban J connectivity index is 4.32. The summed E-state index contributed by atoms with van der Waals surface area (Å²) in [5.41, 5.74) is 0. The van der Waals surface area contributed by atoms with Crippen LogP contribution in [0.15, 0.2) is 12.7 Å². The molecule has 0 saturated heterocycles. The van der Waals surface area contributed by atoms with Crippen LogP contribution in [0.2, 0.25) is 0 Å². The number of aliphatic carboxylic acids is 1. The molecule has 0 fully saturated rings. The predicted octanol–water partition coefficient (Wildman–Crippen LogP) is 1.27. The molecule has 1 N–H and O–H groups in total. The average molecular weight is 199 g/mol. The van der Waals surface area contributed by atoms with Crippen LogP contribution in [0.25, 0.3) is 0 Å². The topological polar surface area (TPSA) is 57.6 Å². The lowest BCUT2D eigenvalue weighted by molar-refractivity contribution is -0.146. The zero-order valence-electron chi connectivity index (χ0n) is 8.48. The fourth-order valence-electron chi connectivity index (χ4n) is 1.16. The van der Waals surface area contributed by atoms with E-state index in [1.54, 1.807) is 0 Å². The van der Waals surface area contributed by atoms with Crippen LogP contribution >= 0.6 is 0 Å². The van der Waals surface area contributed by atoms with Crippen molar-refractivity contribution in [2.24, 2.45) is 0 Å². The van der Waals surface area contributed by atoms with Crippen LogP contribution < -0.4 is 0 Å². The maximum atomic E-state index is 10.8. The number of unbranched alkanes of at least 4 members (excludes halogenated alkanes) is 1. The van der Waals surface area contributed by atoms with Crippen molar-refractivity contribution < 1.29 is 14.7 Å². The lowest BCUT2D eigenvalue weighted by atomic mass is 10.1. The fraction of sp³-hybridized carbons (Fsp3) is 0.600. The third kappa shape index (κ3) is 4.07. The molecule has 0 aromatic carbocycles. The second-order valence-electron chi connectivity index (χ2n) is 3.08. The largest absolute Gasteiger partial charge is 0.480 e. The molecule has 0 aromatic rings. The van der Waals surface area contributed by atoms with Crippen molar-refractivity contribution in [3.63, 3.8) is 0 Å². The van der Waals surface area contributed by atoms with Gasteiger partial charge in [-0.15, -0.1) is 6.58 Å². The van der Waals surface area contributed by atoms with Gasteiger partial charge >= 0.3 is 5.97 Å². The van der Waals surface area contributed by atoms with E-state index in [0.29, 0.717) is 13.0 Å².